The zero-order valence-corrected chi connectivity index (χ0v) is 14.1. The molecule has 1 aliphatic heterocycles. The summed E-state index contributed by atoms with van der Waals surface area (Å²) in [6.45, 7) is 5.91. The van der Waals surface area contributed by atoms with E-state index in [1.807, 2.05) is 30.3 Å². The van der Waals surface area contributed by atoms with Crippen LogP contribution in [0.5, 0.6) is 5.75 Å². The van der Waals surface area contributed by atoms with Crippen molar-refractivity contribution in [1.82, 2.24) is 4.90 Å². The Morgan fingerprint density at radius 2 is 1.88 bits per heavy atom. The minimum atomic E-state index is -1.62. The molecule has 1 atom stereocenters. The number of para-hydroxylation sites is 2. The van der Waals surface area contributed by atoms with Crippen LogP contribution in [0.15, 0.2) is 67.3 Å². The number of carbonyl (C=O) groups is 2. The molecule has 128 valence electrons. The van der Waals surface area contributed by atoms with E-state index < -0.39 is 17.4 Å². The second-order valence-corrected chi connectivity index (χ2v) is 6.05. The number of carbonyl (C=O) groups excluding carboxylic acids is 2. The van der Waals surface area contributed by atoms with E-state index in [1.165, 1.54) is 6.92 Å². The first-order valence-electron chi connectivity index (χ1n) is 8.08. The molecule has 0 aliphatic carbocycles. The Labute approximate surface area is 146 Å². The van der Waals surface area contributed by atoms with Crippen molar-refractivity contribution in [3.63, 3.8) is 0 Å². The van der Waals surface area contributed by atoms with E-state index in [9.17, 15) is 9.59 Å². The Balaban J connectivity index is 1.88. The largest absolute Gasteiger partial charge is 0.466 e. The highest BCUT2D eigenvalue weighted by atomic mass is 16.5. The first-order valence-corrected chi connectivity index (χ1v) is 8.08. The van der Waals surface area contributed by atoms with Crippen LogP contribution in [-0.4, -0.2) is 28.9 Å². The first-order chi connectivity index (χ1) is 12.0. The van der Waals surface area contributed by atoms with Gasteiger partial charge in [-0.2, -0.15) is 0 Å². The monoisotopic (exact) mass is 336 g/mol. The molecule has 0 radical (unpaired) electrons. The van der Waals surface area contributed by atoms with Crippen LogP contribution in [0.4, 0.5) is 5.69 Å². The van der Waals surface area contributed by atoms with Gasteiger partial charge in [0.15, 0.2) is 0 Å². The second-order valence-electron chi connectivity index (χ2n) is 6.05. The van der Waals surface area contributed by atoms with Crippen LogP contribution in [0.2, 0.25) is 0 Å². The van der Waals surface area contributed by atoms with Crippen molar-refractivity contribution in [3.05, 3.63) is 72.8 Å². The lowest BCUT2D eigenvalue weighted by atomic mass is 10.00. The summed E-state index contributed by atoms with van der Waals surface area (Å²) in [6.07, 6.45) is 1.64. The number of benzene rings is 2. The summed E-state index contributed by atoms with van der Waals surface area (Å²) in [6, 6.07) is 16.7. The van der Waals surface area contributed by atoms with Crippen LogP contribution < -0.4 is 10.1 Å². The van der Waals surface area contributed by atoms with Crippen LogP contribution in [0.25, 0.3) is 0 Å². The maximum absolute atomic E-state index is 13.1. The highest BCUT2D eigenvalue weighted by Gasteiger charge is 2.49. The smallest absolute Gasteiger partial charge is 0.278 e. The van der Waals surface area contributed by atoms with Gasteiger partial charge in [-0.25, -0.2) is 0 Å². The molecule has 0 aromatic heterocycles. The van der Waals surface area contributed by atoms with Crippen molar-refractivity contribution in [1.29, 1.82) is 0 Å². The molecule has 1 N–H and O–H groups in total. The molecule has 0 fully saturated rings. The van der Waals surface area contributed by atoms with Gasteiger partial charge >= 0.3 is 0 Å². The van der Waals surface area contributed by atoms with Gasteiger partial charge in [-0.3, -0.25) is 9.59 Å². The standard InChI is InChI=1S/C20H20N2O3/c1-3-13-22(14-15-9-5-4-6-10-15)19(24)20(2)18(23)21-16-11-7-8-12-17(16)25-20/h3-12H,1,13-14H2,2H3,(H,21,23). The molecule has 5 nitrogen and oxygen atoms in total. The summed E-state index contributed by atoms with van der Waals surface area (Å²) < 4.78 is 5.82. The van der Waals surface area contributed by atoms with E-state index in [0.29, 0.717) is 24.5 Å². The number of fused-ring (bicyclic) bond motifs is 1. The average Bonchev–Trinajstić information content (AvgIpc) is 2.62. The minimum Gasteiger partial charge on any atom is -0.466 e. The SMILES string of the molecule is C=CCN(Cc1ccccc1)C(=O)C1(C)Oc2ccccc2NC1=O. The van der Waals surface area contributed by atoms with Crippen molar-refractivity contribution in [2.75, 3.05) is 11.9 Å². The molecule has 1 unspecified atom stereocenters. The molecule has 0 saturated carbocycles. The molecule has 25 heavy (non-hydrogen) atoms. The van der Waals surface area contributed by atoms with Gasteiger partial charge in [0.1, 0.15) is 5.75 Å². The Morgan fingerprint density at radius 1 is 1.20 bits per heavy atom. The van der Waals surface area contributed by atoms with Gasteiger partial charge in [0, 0.05) is 13.1 Å². The Morgan fingerprint density at radius 3 is 2.60 bits per heavy atom. The molecule has 0 saturated heterocycles. The number of amides is 2. The first kappa shape index (κ1) is 16.8. The van der Waals surface area contributed by atoms with Crippen molar-refractivity contribution in [2.24, 2.45) is 0 Å². The van der Waals surface area contributed by atoms with Crippen molar-refractivity contribution in [2.45, 2.75) is 19.1 Å². The third-order valence-corrected chi connectivity index (χ3v) is 4.14. The predicted octanol–water partition coefficient (Wildman–Crippen LogP) is 2.99. The number of anilines is 1. The summed E-state index contributed by atoms with van der Waals surface area (Å²) in [5, 5.41) is 2.75. The van der Waals surface area contributed by atoms with Crippen LogP contribution in [0.3, 0.4) is 0 Å². The van der Waals surface area contributed by atoms with Crippen molar-refractivity contribution >= 4 is 17.5 Å². The lowest BCUT2D eigenvalue weighted by Crippen LogP contribution is -2.59. The summed E-state index contributed by atoms with van der Waals surface area (Å²) in [4.78, 5) is 27.3. The fourth-order valence-corrected chi connectivity index (χ4v) is 2.79. The minimum absolute atomic E-state index is 0.321. The fraction of sp³-hybridized carbons (Fsp3) is 0.200. The van der Waals surface area contributed by atoms with E-state index in [0.717, 1.165) is 5.56 Å². The third-order valence-electron chi connectivity index (χ3n) is 4.14. The predicted molar refractivity (Wildman–Crippen MR) is 96.2 cm³/mol. The average molecular weight is 336 g/mol. The van der Waals surface area contributed by atoms with Crippen molar-refractivity contribution in [3.8, 4) is 5.75 Å². The Kier molecular flexibility index (Phi) is 4.57. The number of hydrogen-bond donors (Lipinski definition) is 1. The number of nitrogens with zero attached hydrogens (tertiary/aromatic N) is 1. The highest BCUT2D eigenvalue weighted by molar-refractivity contribution is 6.15. The molecule has 2 aromatic rings. The van der Waals surface area contributed by atoms with Gasteiger partial charge < -0.3 is 15.0 Å². The fourth-order valence-electron chi connectivity index (χ4n) is 2.79. The maximum Gasteiger partial charge on any atom is 0.278 e. The molecule has 2 aromatic carbocycles. The third kappa shape index (κ3) is 3.26. The van der Waals surface area contributed by atoms with Gasteiger partial charge in [0.2, 0.25) is 0 Å². The molecule has 0 bridgehead atoms. The van der Waals surface area contributed by atoms with E-state index in [2.05, 4.69) is 11.9 Å². The summed E-state index contributed by atoms with van der Waals surface area (Å²) in [7, 11) is 0. The number of hydrogen-bond acceptors (Lipinski definition) is 3. The molecule has 5 heteroatoms. The van der Waals surface area contributed by atoms with Crippen LogP contribution in [0, 0.1) is 0 Å². The molecule has 1 heterocycles. The van der Waals surface area contributed by atoms with Gasteiger partial charge in [0.05, 0.1) is 5.69 Å². The Hall–Kier alpha value is -3.08. The van der Waals surface area contributed by atoms with E-state index >= 15 is 0 Å². The van der Waals surface area contributed by atoms with Gasteiger partial charge in [-0.05, 0) is 24.6 Å². The second kappa shape index (κ2) is 6.81. The summed E-state index contributed by atoms with van der Waals surface area (Å²) in [5.74, 6) is -0.391. The Bertz CT molecular complexity index is 804. The van der Waals surface area contributed by atoms with Gasteiger partial charge in [-0.15, -0.1) is 6.58 Å². The quantitative estimate of drug-likeness (QED) is 0.674. The summed E-state index contributed by atoms with van der Waals surface area (Å²) in [5.41, 5.74) is -0.0828. The zero-order valence-electron chi connectivity index (χ0n) is 14.1. The van der Waals surface area contributed by atoms with Crippen LogP contribution in [-0.2, 0) is 16.1 Å². The zero-order chi connectivity index (χ0) is 17.9. The van der Waals surface area contributed by atoms with Crippen molar-refractivity contribution < 1.29 is 14.3 Å². The van der Waals surface area contributed by atoms with E-state index in [1.54, 1.807) is 35.2 Å². The molecule has 2 amide bonds. The van der Waals surface area contributed by atoms with E-state index in [-0.39, 0.29) is 0 Å². The number of nitrogens with one attached hydrogen (secondary N) is 1. The highest BCUT2D eigenvalue weighted by Crippen LogP contribution is 2.34. The van der Waals surface area contributed by atoms with E-state index in [4.69, 9.17) is 4.74 Å². The number of rotatable bonds is 5. The number of ether oxygens (including phenoxy) is 1. The molecular formula is C20H20N2O3. The molecule has 0 spiro atoms. The van der Waals surface area contributed by atoms with Gasteiger partial charge in [-0.1, -0.05) is 48.5 Å². The van der Waals surface area contributed by atoms with Crippen LogP contribution >= 0.6 is 0 Å². The summed E-state index contributed by atoms with van der Waals surface area (Å²) >= 11 is 0. The van der Waals surface area contributed by atoms with Crippen LogP contribution in [0.1, 0.15) is 12.5 Å². The lowest BCUT2D eigenvalue weighted by Gasteiger charge is -2.36. The normalized spacial score (nSPS) is 18.5. The molecule has 3 rings (SSSR count). The molecule has 1 aliphatic rings. The maximum atomic E-state index is 13.1. The molecular weight excluding hydrogens is 316 g/mol. The lowest BCUT2D eigenvalue weighted by molar-refractivity contribution is -0.154. The van der Waals surface area contributed by atoms with Gasteiger partial charge in [0.25, 0.3) is 17.4 Å². The topological polar surface area (TPSA) is 58.6 Å².